The summed E-state index contributed by atoms with van der Waals surface area (Å²) in [5.41, 5.74) is 0. The average Bonchev–Trinajstić information content (AvgIpc) is 0.829. The van der Waals surface area contributed by atoms with Gasteiger partial charge in [-0.3, -0.25) is 14.4 Å². The Morgan fingerprint density at radius 3 is 1.66 bits per heavy atom. The first kappa shape index (κ1) is 75.6. The van der Waals surface area contributed by atoms with Crippen molar-refractivity contribution in [3.63, 3.8) is 0 Å². The molecule has 6 aliphatic heterocycles. The maximum atomic E-state index is 14.0. The fourth-order valence-corrected chi connectivity index (χ4v) is 12.4. The zero-order valence-corrected chi connectivity index (χ0v) is 53.6. The molecule has 28 atom stereocenters. The van der Waals surface area contributed by atoms with E-state index in [9.17, 15) is 65.4 Å². The lowest BCUT2D eigenvalue weighted by Gasteiger charge is -2.50. The molecule has 6 rings (SSSR count). The molecule has 6 aliphatic rings. The summed E-state index contributed by atoms with van der Waals surface area (Å²) in [6.45, 7) is 12.2. The van der Waals surface area contributed by atoms with Gasteiger partial charge in [-0.1, -0.05) is 123 Å². The Bertz CT molecular complexity index is 2040. The molecule has 0 aromatic heterocycles. The van der Waals surface area contributed by atoms with Crippen LogP contribution >= 0.6 is 0 Å². The van der Waals surface area contributed by atoms with Gasteiger partial charge in [0.2, 0.25) is 0 Å². The molecule has 518 valence electrons. The second-order valence-corrected chi connectivity index (χ2v) is 25.6. The smallest absolute Gasteiger partial charge is 0.311 e. The fraction of sp³-hybridized carbons (Fsp3) is 0.952. The second-order valence-electron chi connectivity index (χ2n) is 25.6. The lowest BCUT2D eigenvalue weighted by atomic mass is 9.95. The van der Waals surface area contributed by atoms with Gasteiger partial charge < -0.3 is 113 Å². The van der Waals surface area contributed by atoms with Crippen LogP contribution < -0.4 is 0 Å². The molecule has 6 saturated heterocycles. The van der Waals surface area contributed by atoms with Crippen molar-refractivity contribution >= 4 is 17.9 Å². The molecular formula is C63H110O26. The number of esters is 3. The van der Waals surface area contributed by atoms with Crippen molar-refractivity contribution in [1.82, 2.24) is 0 Å². The number of carbonyl (C=O) groups excluding carboxylic acids is 3. The Hall–Kier alpha value is -2.39. The van der Waals surface area contributed by atoms with Crippen molar-refractivity contribution in [2.45, 2.75) is 369 Å². The van der Waals surface area contributed by atoms with Crippen LogP contribution in [0.25, 0.3) is 0 Å². The van der Waals surface area contributed by atoms with E-state index in [0.29, 0.717) is 25.7 Å². The summed E-state index contributed by atoms with van der Waals surface area (Å²) in [6.07, 6.45) is -22.6. The van der Waals surface area contributed by atoms with Crippen molar-refractivity contribution in [2.24, 2.45) is 5.92 Å². The van der Waals surface area contributed by atoms with Crippen LogP contribution in [-0.2, 0) is 76.0 Å². The van der Waals surface area contributed by atoms with E-state index in [0.717, 1.165) is 103 Å². The first-order valence-corrected chi connectivity index (χ1v) is 33.4. The SMILES string of the molecule is CCCCCCCCCCCC(=O)O[C@H]1[C@H](O[C@@H]2[C@@H](O)[C@H]3OC(=O)CCCCCCCCC[C@H](CCCCC)O[C@@H]4O[C@H](C)[C@@H](O)[C@H](O)[C@H]4O[C@@H]3O[C@H]2C)O[C@@H](C)[C@H](O[C@@H]2O[C@@H](C)[C@H](OC(=O)[C@H](C)[C@H](C)O)[C@@H](O)[C@H]2O[C@@H]2O[C@H](CO)[C@@H](O)[C@H](O)[C@H]2O)[C@H]1O. The van der Waals surface area contributed by atoms with Crippen molar-refractivity contribution in [2.75, 3.05) is 6.61 Å². The van der Waals surface area contributed by atoms with Crippen LogP contribution in [0.2, 0.25) is 0 Å². The van der Waals surface area contributed by atoms with E-state index in [2.05, 4.69) is 13.8 Å². The molecule has 10 N–H and O–H groups in total. The van der Waals surface area contributed by atoms with Gasteiger partial charge in [0.15, 0.2) is 49.8 Å². The van der Waals surface area contributed by atoms with E-state index < -0.39 is 190 Å². The minimum absolute atomic E-state index is 0.0235. The number of hydrogen-bond donors (Lipinski definition) is 10. The molecular weight excluding hydrogens is 1170 g/mol. The van der Waals surface area contributed by atoms with Gasteiger partial charge in [-0.2, -0.15) is 0 Å². The standard InChI is InChI=1S/C63H110O26/c1-9-11-13-14-15-16-19-22-26-30-41(66)83-55-49(74)53(87-63-57(88-59-47(72)45(70)44(69)40(32-64)82-59)48(73)51(36(6)78-63)85-58(76)33(3)34(4)65)37(7)79-61(55)86-52-38(8)80-62-56(50(52)75)84-42(67)31-27-23-20-17-18-21-25-29-39(28-24-12-10-2)81-60-54(89-62)46(71)43(68)35(5)77-60/h33-40,43-57,59-65,68-75H,9-32H2,1-8H3/t33-,34+,35-,36+,37+,38+,39+,40-,43-,44-,45+,46+,47-,48-,49-,50-,51+,52+,53+,54-,55-,56-,57-,59+,60+,61+,62+,63+/m1/s1. The molecule has 89 heavy (non-hydrogen) atoms. The summed E-state index contributed by atoms with van der Waals surface area (Å²) in [7, 11) is 0. The van der Waals surface area contributed by atoms with Crippen LogP contribution in [0.4, 0.5) is 0 Å². The predicted octanol–water partition coefficient (Wildman–Crippen LogP) is 3.27. The molecule has 0 aliphatic carbocycles. The van der Waals surface area contributed by atoms with Gasteiger partial charge in [-0.25, -0.2) is 0 Å². The minimum Gasteiger partial charge on any atom is -0.456 e. The molecule has 0 amide bonds. The summed E-state index contributed by atoms with van der Waals surface area (Å²) in [5.74, 6) is -3.44. The summed E-state index contributed by atoms with van der Waals surface area (Å²) in [6, 6.07) is 0. The van der Waals surface area contributed by atoms with Gasteiger partial charge >= 0.3 is 17.9 Å². The third-order valence-electron chi connectivity index (χ3n) is 18.3. The molecule has 0 aromatic carbocycles. The van der Waals surface area contributed by atoms with E-state index >= 15 is 0 Å². The maximum Gasteiger partial charge on any atom is 0.311 e. The Kier molecular flexibility index (Phi) is 32.0. The topological polar surface area (TPSA) is 374 Å². The Morgan fingerprint density at radius 1 is 0.494 bits per heavy atom. The lowest BCUT2D eigenvalue weighted by molar-refractivity contribution is -0.395. The van der Waals surface area contributed by atoms with Crippen LogP contribution in [0.3, 0.4) is 0 Å². The average molecular weight is 1280 g/mol. The van der Waals surface area contributed by atoms with Crippen LogP contribution in [0, 0.1) is 5.92 Å². The van der Waals surface area contributed by atoms with Crippen molar-refractivity contribution in [3.8, 4) is 0 Å². The van der Waals surface area contributed by atoms with Crippen molar-refractivity contribution in [3.05, 3.63) is 0 Å². The number of ether oxygens (including phenoxy) is 13. The van der Waals surface area contributed by atoms with Crippen LogP contribution in [0.1, 0.15) is 203 Å². The number of rotatable bonds is 25. The van der Waals surface area contributed by atoms with Crippen LogP contribution in [0.5, 0.6) is 0 Å². The Labute approximate surface area is 524 Å². The highest BCUT2D eigenvalue weighted by molar-refractivity contribution is 5.73. The first-order valence-electron chi connectivity index (χ1n) is 33.4. The molecule has 0 unspecified atom stereocenters. The number of unbranched alkanes of at least 4 members (excludes halogenated alkanes) is 10. The van der Waals surface area contributed by atoms with Gasteiger partial charge in [0, 0.05) is 12.8 Å². The van der Waals surface area contributed by atoms with E-state index in [4.69, 9.17) is 61.6 Å². The Morgan fingerprint density at radius 2 is 1.02 bits per heavy atom. The Balaban J connectivity index is 1.29. The van der Waals surface area contributed by atoms with E-state index in [1.807, 2.05) is 0 Å². The lowest BCUT2D eigenvalue weighted by Crippen LogP contribution is -2.67. The highest BCUT2D eigenvalue weighted by Crippen LogP contribution is 2.39. The molecule has 0 bridgehead atoms. The van der Waals surface area contributed by atoms with Crippen molar-refractivity contribution in [1.29, 1.82) is 0 Å². The predicted molar refractivity (Wildman–Crippen MR) is 314 cm³/mol. The molecule has 26 nitrogen and oxygen atoms in total. The second kappa shape index (κ2) is 37.6. The third kappa shape index (κ3) is 21.3. The van der Waals surface area contributed by atoms with Gasteiger partial charge in [-0.05, 0) is 67.2 Å². The van der Waals surface area contributed by atoms with E-state index in [-0.39, 0.29) is 18.9 Å². The molecule has 0 saturated carbocycles. The van der Waals surface area contributed by atoms with Gasteiger partial charge in [0.25, 0.3) is 0 Å². The number of fused-ring (bicyclic) bond motifs is 2. The van der Waals surface area contributed by atoms with Gasteiger partial charge in [0.1, 0.15) is 79.4 Å². The first-order chi connectivity index (χ1) is 42.5. The molecule has 6 heterocycles. The minimum atomic E-state index is -2.00. The highest BCUT2D eigenvalue weighted by Gasteiger charge is 2.58. The molecule has 0 spiro atoms. The van der Waals surface area contributed by atoms with Crippen molar-refractivity contribution < 1.29 is 127 Å². The third-order valence-corrected chi connectivity index (χ3v) is 18.3. The quantitative estimate of drug-likeness (QED) is 0.0356. The number of aliphatic hydroxyl groups is 10. The molecule has 0 radical (unpaired) electrons. The van der Waals surface area contributed by atoms with E-state index in [1.165, 1.54) is 41.0 Å². The number of aliphatic hydroxyl groups excluding tert-OH is 10. The van der Waals surface area contributed by atoms with E-state index in [1.54, 1.807) is 6.92 Å². The molecule has 26 heteroatoms. The summed E-state index contributed by atoms with van der Waals surface area (Å²) < 4.78 is 81.0. The van der Waals surface area contributed by atoms with Gasteiger partial charge in [0.05, 0.1) is 49.1 Å². The summed E-state index contributed by atoms with van der Waals surface area (Å²) in [5, 5.41) is 113. The zero-order chi connectivity index (χ0) is 65.1. The monoisotopic (exact) mass is 1280 g/mol. The van der Waals surface area contributed by atoms with Crippen LogP contribution in [0.15, 0.2) is 0 Å². The summed E-state index contributed by atoms with van der Waals surface area (Å²) >= 11 is 0. The molecule has 0 aromatic rings. The maximum absolute atomic E-state index is 14.0. The van der Waals surface area contributed by atoms with Crippen LogP contribution in [-0.4, -0.2) is 241 Å². The largest absolute Gasteiger partial charge is 0.456 e. The number of hydrogen-bond acceptors (Lipinski definition) is 26. The fourth-order valence-electron chi connectivity index (χ4n) is 12.4. The normalized spacial score (nSPS) is 41.3. The number of carbonyl (C=O) groups is 3. The summed E-state index contributed by atoms with van der Waals surface area (Å²) in [4.78, 5) is 41.0. The zero-order valence-electron chi connectivity index (χ0n) is 53.6. The molecule has 6 fully saturated rings. The highest BCUT2D eigenvalue weighted by atomic mass is 16.8. The van der Waals surface area contributed by atoms with Gasteiger partial charge in [-0.15, -0.1) is 0 Å².